The molecular weight excluding hydrogens is 412 g/mol. The molecule has 0 saturated carbocycles. The predicted octanol–water partition coefficient (Wildman–Crippen LogP) is 9.60. The van der Waals surface area contributed by atoms with E-state index in [2.05, 4.69) is 119 Å². The van der Waals surface area contributed by atoms with Crippen molar-refractivity contribution in [1.82, 2.24) is 9.55 Å². The van der Waals surface area contributed by atoms with Gasteiger partial charge in [-0.3, -0.25) is 4.57 Å². The molecule has 0 radical (unpaired) electrons. The molecule has 4 rings (SSSR count). The van der Waals surface area contributed by atoms with E-state index < -0.39 is 0 Å². The zero-order chi connectivity index (χ0) is 24.8. The van der Waals surface area contributed by atoms with Crippen LogP contribution >= 0.6 is 0 Å². The van der Waals surface area contributed by atoms with Gasteiger partial charge in [-0.05, 0) is 57.7 Å². The lowest BCUT2D eigenvalue weighted by Crippen LogP contribution is -2.09. The number of hydrogen-bond donors (Lipinski definition) is 0. The van der Waals surface area contributed by atoms with E-state index in [0.717, 1.165) is 5.82 Å². The molecule has 178 valence electrons. The van der Waals surface area contributed by atoms with Crippen molar-refractivity contribution < 1.29 is 0 Å². The first-order chi connectivity index (χ1) is 16.4. The monoisotopic (exact) mass is 452 g/mol. The summed E-state index contributed by atoms with van der Waals surface area (Å²) in [4.78, 5) is 4.85. The van der Waals surface area contributed by atoms with E-state index in [1.165, 1.54) is 39.1 Å². The third-order valence-electron chi connectivity index (χ3n) is 6.23. The van der Waals surface area contributed by atoms with Crippen LogP contribution in [0.5, 0.6) is 0 Å². The van der Waals surface area contributed by atoms with E-state index in [1.54, 1.807) is 0 Å². The lowest BCUT2D eigenvalue weighted by molar-refractivity contribution is 0.806. The minimum absolute atomic E-state index is 0.391. The molecule has 0 aliphatic rings. The van der Waals surface area contributed by atoms with Gasteiger partial charge < -0.3 is 0 Å². The summed E-state index contributed by atoms with van der Waals surface area (Å²) in [6.07, 6.45) is 4.06. The second-order valence-corrected chi connectivity index (χ2v) is 9.54. The molecule has 4 aromatic rings. The minimum atomic E-state index is 0.391. The Labute approximate surface area is 206 Å². The summed E-state index contributed by atoms with van der Waals surface area (Å²) >= 11 is 0. The molecule has 0 bridgehead atoms. The van der Waals surface area contributed by atoms with Crippen molar-refractivity contribution in [1.29, 1.82) is 0 Å². The number of rotatable bonds is 6. The van der Waals surface area contributed by atoms with Gasteiger partial charge in [-0.15, -0.1) is 0 Å². The summed E-state index contributed by atoms with van der Waals surface area (Å²) in [6, 6.07) is 24.1. The summed E-state index contributed by atoms with van der Waals surface area (Å²) in [6.45, 7) is 17.7. The van der Waals surface area contributed by atoms with E-state index in [-0.39, 0.29) is 0 Å². The highest BCUT2D eigenvalue weighted by Crippen LogP contribution is 2.38. The number of benzene rings is 3. The van der Waals surface area contributed by atoms with Gasteiger partial charge in [-0.1, -0.05) is 110 Å². The molecule has 0 N–H and O–H groups in total. The van der Waals surface area contributed by atoms with Gasteiger partial charge in [-0.25, -0.2) is 4.98 Å². The molecule has 0 spiro atoms. The van der Waals surface area contributed by atoms with Crippen LogP contribution in [0.1, 0.15) is 89.8 Å². The van der Waals surface area contributed by atoms with Crippen molar-refractivity contribution in [3.8, 4) is 28.2 Å². The third-order valence-corrected chi connectivity index (χ3v) is 6.23. The lowest BCUT2D eigenvalue weighted by atomic mass is 9.88. The van der Waals surface area contributed by atoms with Crippen molar-refractivity contribution >= 4 is 0 Å². The van der Waals surface area contributed by atoms with E-state index in [0.29, 0.717) is 17.8 Å². The van der Waals surface area contributed by atoms with Gasteiger partial charge in [0.15, 0.2) is 0 Å². The molecule has 1 aromatic heterocycles. The summed E-state index contributed by atoms with van der Waals surface area (Å²) in [5, 5.41) is 0. The Kier molecular flexibility index (Phi) is 8.50. The summed E-state index contributed by atoms with van der Waals surface area (Å²) in [5.74, 6) is 2.24. The van der Waals surface area contributed by atoms with E-state index in [1.807, 2.05) is 20.0 Å². The Hall–Kier alpha value is -3.13. The number of nitrogens with zero attached hydrogens (tertiary/aromatic N) is 2. The molecule has 0 amide bonds. The van der Waals surface area contributed by atoms with Gasteiger partial charge in [0.05, 0.1) is 5.69 Å². The fraction of sp³-hybridized carbons (Fsp3) is 0.344. The largest absolute Gasteiger partial charge is 0.299 e. The molecule has 0 saturated heterocycles. The van der Waals surface area contributed by atoms with Crippen LogP contribution in [0.3, 0.4) is 0 Å². The van der Waals surface area contributed by atoms with Crippen LogP contribution in [0.2, 0.25) is 0 Å². The first kappa shape index (κ1) is 25.5. The van der Waals surface area contributed by atoms with Gasteiger partial charge >= 0.3 is 0 Å². The van der Waals surface area contributed by atoms with Crippen molar-refractivity contribution in [2.75, 3.05) is 0 Å². The molecule has 34 heavy (non-hydrogen) atoms. The molecule has 0 unspecified atom stereocenters. The Morgan fingerprint density at radius 3 is 1.71 bits per heavy atom. The van der Waals surface area contributed by atoms with Crippen LogP contribution in [-0.4, -0.2) is 9.55 Å². The minimum Gasteiger partial charge on any atom is -0.299 e. The Morgan fingerprint density at radius 2 is 1.15 bits per heavy atom. The van der Waals surface area contributed by atoms with Crippen LogP contribution in [0.4, 0.5) is 0 Å². The fourth-order valence-corrected chi connectivity index (χ4v) is 4.52. The molecule has 0 fully saturated rings. The fourth-order valence-electron chi connectivity index (χ4n) is 4.52. The summed E-state index contributed by atoms with van der Waals surface area (Å²) < 4.78 is 2.32. The van der Waals surface area contributed by atoms with Crippen LogP contribution < -0.4 is 0 Å². The van der Waals surface area contributed by atoms with Crippen molar-refractivity contribution in [2.45, 2.75) is 73.1 Å². The number of aromatic nitrogens is 2. The quantitative estimate of drug-likeness (QED) is 0.285. The smallest absolute Gasteiger partial charge is 0.144 e. The summed E-state index contributed by atoms with van der Waals surface area (Å²) in [7, 11) is 0. The van der Waals surface area contributed by atoms with Gasteiger partial charge in [0.2, 0.25) is 0 Å². The highest BCUT2D eigenvalue weighted by atomic mass is 15.1. The predicted molar refractivity (Wildman–Crippen MR) is 148 cm³/mol. The molecule has 0 aliphatic carbocycles. The maximum absolute atomic E-state index is 4.85. The molecule has 1 heterocycles. The van der Waals surface area contributed by atoms with Crippen molar-refractivity contribution in [2.24, 2.45) is 0 Å². The first-order valence-electron chi connectivity index (χ1n) is 12.7. The first-order valence-corrected chi connectivity index (χ1v) is 12.7. The van der Waals surface area contributed by atoms with E-state index >= 15 is 0 Å². The van der Waals surface area contributed by atoms with Crippen LogP contribution in [-0.2, 0) is 0 Å². The SMILES string of the molecule is CC.CC(C)c1ccccc1-c1nccn1-c1c(C(C)C)cc(-c2ccccc2)cc1C(C)C. The van der Waals surface area contributed by atoms with Gasteiger partial charge in [0, 0.05) is 18.0 Å². The molecule has 3 aromatic carbocycles. The average molecular weight is 453 g/mol. The highest BCUT2D eigenvalue weighted by molar-refractivity contribution is 5.72. The molecule has 2 nitrogen and oxygen atoms in total. The highest BCUT2D eigenvalue weighted by Gasteiger charge is 2.22. The molecular formula is C32H40N2. The van der Waals surface area contributed by atoms with Crippen molar-refractivity contribution in [3.05, 3.63) is 95.8 Å². The second-order valence-electron chi connectivity index (χ2n) is 9.54. The third kappa shape index (κ3) is 5.17. The van der Waals surface area contributed by atoms with E-state index in [9.17, 15) is 0 Å². The zero-order valence-corrected chi connectivity index (χ0v) is 22.1. The standard InChI is InChI=1S/C30H34N2.C2H6/c1-20(2)25-14-10-11-15-26(25)30-31-16-17-32(30)29-27(21(3)4)18-24(19-28(29)22(5)6)23-12-8-7-9-13-23;1-2/h7-22H,1-6H3;1-2H3. The summed E-state index contributed by atoms with van der Waals surface area (Å²) in [5.41, 5.74) is 9.08. The Bertz CT molecular complexity index is 1170. The topological polar surface area (TPSA) is 17.8 Å². The Balaban J connectivity index is 0.00000158. The van der Waals surface area contributed by atoms with Crippen LogP contribution in [0, 0.1) is 0 Å². The number of imidazole rings is 1. The average Bonchev–Trinajstić information content (AvgIpc) is 3.34. The van der Waals surface area contributed by atoms with Crippen LogP contribution in [0.15, 0.2) is 79.1 Å². The van der Waals surface area contributed by atoms with Crippen LogP contribution in [0.25, 0.3) is 28.2 Å². The maximum atomic E-state index is 4.85. The number of hydrogen-bond acceptors (Lipinski definition) is 1. The van der Waals surface area contributed by atoms with E-state index in [4.69, 9.17) is 4.98 Å². The zero-order valence-electron chi connectivity index (χ0n) is 22.1. The van der Waals surface area contributed by atoms with Gasteiger partial charge in [-0.2, -0.15) is 0 Å². The second kappa shape index (κ2) is 11.3. The van der Waals surface area contributed by atoms with Gasteiger partial charge in [0.1, 0.15) is 5.82 Å². The lowest BCUT2D eigenvalue weighted by Gasteiger charge is -2.24. The Morgan fingerprint density at radius 1 is 0.618 bits per heavy atom. The molecule has 0 atom stereocenters. The molecule has 2 heteroatoms. The molecule has 0 aliphatic heterocycles. The maximum Gasteiger partial charge on any atom is 0.144 e. The van der Waals surface area contributed by atoms with Gasteiger partial charge in [0.25, 0.3) is 0 Å². The normalized spacial score (nSPS) is 11.1. The van der Waals surface area contributed by atoms with Crippen molar-refractivity contribution in [3.63, 3.8) is 0 Å².